The number of nitrogens with one attached hydrogen (secondary N) is 2. The molecule has 0 aromatic rings. The quantitative estimate of drug-likeness (QED) is 0.225. The van der Waals surface area contributed by atoms with Gasteiger partial charge in [0.05, 0.1) is 33.0 Å². The minimum Gasteiger partial charge on any atom is -0.481 e. The first-order valence-electron chi connectivity index (χ1n) is 8.05. The van der Waals surface area contributed by atoms with Crippen molar-refractivity contribution in [3.05, 3.63) is 0 Å². The lowest BCUT2D eigenvalue weighted by Crippen LogP contribution is -2.26. The van der Waals surface area contributed by atoms with Crippen molar-refractivity contribution < 1.29 is 33.7 Å². The number of ether oxygens (including phenoxy) is 3. The first-order valence-corrected chi connectivity index (χ1v) is 8.05. The Hall–Kier alpha value is -1.55. The fourth-order valence-corrected chi connectivity index (χ4v) is 1.68. The maximum absolute atomic E-state index is 10.8. The summed E-state index contributed by atoms with van der Waals surface area (Å²) < 4.78 is 15.6. The van der Waals surface area contributed by atoms with Gasteiger partial charge in [0.2, 0.25) is 6.41 Å². The Morgan fingerprint density at radius 3 is 2.21 bits per heavy atom. The van der Waals surface area contributed by atoms with Gasteiger partial charge >= 0.3 is 5.97 Å². The highest BCUT2D eigenvalue weighted by molar-refractivity contribution is 5.86. The summed E-state index contributed by atoms with van der Waals surface area (Å²) >= 11 is 0. The van der Waals surface area contributed by atoms with Gasteiger partial charge in [-0.15, -0.1) is 0 Å². The highest BCUT2D eigenvalue weighted by Gasteiger charge is 1.99. The van der Waals surface area contributed by atoms with Crippen molar-refractivity contribution in [3.63, 3.8) is 0 Å². The van der Waals surface area contributed by atoms with Crippen LogP contribution >= 0.6 is 0 Å². The van der Waals surface area contributed by atoms with Crippen LogP contribution in [0.2, 0.25) is 0 Å². The van der Waals surface area contributed by atoms with Gasteiger partial charge in [0.1, 0.15) is 6.61 Å². The van der Waals surface area contributed by atoms with E-state index in [2.05, 4.69) is 5.32 Å². The first-order chi connectivity index (χ1) is 11.7. The topological polar surface area (TPSA) is 123 Å². The highest BCUT2D eigenvalue weighted by atomic mass is 16.5. The standard InChI is InChI=1S/C15H28N2O7/c18-13-17-14(19)12-24-11-10-23-9-8-22-7-6-16-5-3-1-2-4-15(20)21/h13,16H,1-12H2,(H,20,21)(H,17,18,19). The summed E-state index contributed by atoms with van der Waals surface area (Å²) in [5, 5.41) is 13.7. The molecule has 2 amide bonds. The second kappa shape index (κ2) is 17.8. The zero-order valence-electron chi connectivity index (χ0n) is 14.0. The predicted octanol–water partition coefficient (Wildman–Crippen LogP) is -0.457. The molecule has 0 bridgehead atoms. The third-order valence-corrected chi connectivity index (χ3v) is 2.86. The Morgan fingerprint density at radius 2 is 1.54 bits per heavy atom. The molecule has 3 N–H and O–H groups in total. The van der Waals surface area contributed by atoms with Gasteiger partial charge in [-0.3, -0.25) is 19.7 Å². The normalized spacial score (nSPS) is 10.5. The number of carbonyl (C=O) groups excluding carboxylic acids is 2. The molecule has 140 valence electrons. The van der Waals surface area contributed by atoms with Gasteiger partial charge in [-0.2, -0.15) is 0 Å². The second-order valence-corrected chi connectivity index (χ2v) is 4.92. The van der Waals surface area contributed by atoms with Crippen molar-refractivity contribution in [2.75, 3.05) is 52.7 Å². The van der Waals surface area contributed by atoms with Crippen LogP contribution in [0.4, 0.5) is 0 Å². The van der Waals surface area contributed by atoms with E-state index < -0.39 is 11.9 Å². The van der Waals surface area contributed by atoms with Crippen molar-refractivity contribution in [3.8, 4) is 0 Å². The molecule has 0 aromatic carbocycles. The third kappa shape index (κ3) is 18.5. The number of hydrogen-bond donors (Lipinski definition) is 3. The largest absolute Gasteiger partial charge is 0.481 e. The summed E-state index contributed by atoms with van der Waals surface area (Å²) in [6, 6.07) is 0. The third-order valence-electron chi connectivity index (χ3n) is 2.86. The van der Waals surface area contributed by atoms with Crippen molar-refractivity contribution >= 4 is 18.3 Å². The van der Waals surface area contributed by atoms with Crippen molar-refractivity contribution in [1.29, 1.82) is 0 Å². The van der Waals surface area contributed by atoms with Crippen LogP contribution < -0.4 is 10.6 Å². The van der Waals surface area contributed by atoms with E-state index in [1.807, 2.05) is 5.32 Å². The summed E-state index contributed by atoms with van der Waals surface area (Å²) in [5.41, 5.74) is 0. The van der Waals surface area contributed by atoms with Crippen LogP contribution in [0, 0.1) is 0 Å². The zero-order valence-corrected chi connectivity index (χ0v) is 14.0. The number of carbonyl (C=O) groups is 3. The number of amides is 2. The molecule has 0 saturated heterocycles. The number of imide groups is 1. The van der Waals surface area contributed by atoms with Gasteiger partial charge < -0.3 is 24.6 Å². The van der Waals surface area contributed by atoms with Gasteiger partial charge in [-0.1, -0.05) is 6.42 Å². The minimum atomic E-state index is -0.742. The Morgan fingerprint density at radius 1 is 0.875 bits per heavy atom. The molecular formula is C15H28N2O7. The fourth-order valence-electron chi connectivity index (χ4n) is 1.68. The molecule has 24 heavy (non-hydrogen) atoms. The Bertz CT molecular complexity index is 340. The Labute approximate surface area is 142 Å². The lowest BCUT2D eigenvalue weighted by atomic mass is 10.2. The number of hydrogen-bond acceptors (Lipinski definition) is 7. The van der Waals surface area contributed by atoms with Crippen molar-refractivity contribution in [2.24, 2.45) is 0 Å². The number of aliphatic carboxylic acids is 1. The van der Waals surface area contributed by atoms with Crippen LogP contribution in [0.3, 0.4) is 0 Å². The molecule has 0 atom stereocenters. The van der Waals surface area contributed by atoms with Crippen LogP contribution in [0.1, 0.15) is 25.7 Å². The molecule has 0 radical (unpaired) electrons. The molecular weight excluding hydrogens is 320 g/mol. The first kappa shape index (κ1) is 22.4. The van der Waals surface area contributed by atoms with Crippen LogP contribution in [0.15, 0.2) is 0 Å². The maximum atomic E-state index is 10.8. The Balaban J connectivity index is 3.06. The van der Waals surface area contributed by atoms with E-state index in [-0.39, 0.29) is 19.6 Å². The van der Waals surface area contributed by atoms with E-state index in [1.165, 1.54) is 0 Å². The summed E-state index contributed by atoms with van der Waals surface area (Å²) in [5.74, 6) is -1.23. The average Bonchev–Trinajstić information content (AvgIpc) is 2.54. The molecule has 0 spiro atoms. The minimum absolute atomic E-state index is 0.166. The van der Waals surface area contributed by atoms with Gasteiger partial charge in [-0.05, 0) is 19.4 Å². The molecule has 0 saturated carbocycles. The molecule has 0 heterocycles. The molecule has 9 nitrogen and oxygen atoms in total. The van der Waals surface area contributed by atoms with Crippen molar-refractivity contribution in [1.82, 2.24) is 10.6 Å². The lowest BCUT2D eigenvalue weighted by molar-refractivity contribution is -0.137. The molecule has 0 unspecified atom stereocenters. The average molecular weight is 348 g/mol. The molecule has 9 heteroatoms. The number of carboxylic acid groups (broad SMARTS) is 1. The fraction of sp³-hybridized carbons (Fsp3) is 0.800. The number of rotatable bonds is 18. The molecule has 0 fully saturated rings. The van der Waals surface area contributed by atoms with Gasteiger partial charge in [0.15, 0.2) is 0 Å². The maximum Gasteiger partial charge on any atom is 0.303 e. The lowest BCUT2D eigenvalue weighted by Gasteiger charge is -2.07. The molecule has 0 aliphatic heterocycles. The molecule has 0 aliphatic carbocycles. The highest BCUT2D eigenvalue weighted by Crippen LogP contribution is 1.98. The van der Waals surface area contributed by atoms with Crippen molar-refractivity contribution in [2.45, 2.75) is 25.7 Å². The molecule has 0 aromatic heterocycles. The SMILES string of the molecule is O=CNC(=O)COCCOCCOCCNCCCCCC(=O)O. The summed E-state index contributed by atoms with van der Waals surface area (Å²) in [6.45, 7) is 3.57. The van der Waals surface area contributed by atoms with E-state index in [0.29, 0.717) is 32.8 Å². The summed E-state index contributed by atoms with van der Waals surface area (Å²) in [6.07, 6.45) is 3.14. The van der Waals surface area contributed by atoms with Crippen LogP contribution in [0.25, 0.3) is 0 Å². The number of carboxylic acids is 1. The second-order valence-electron chi connectivity index (χ2n) is 4.92. The smallest absolute Gasteiger partial charge is 0.303 e. The van der Waals surface area contributed by atoms with Gasteiger partial charge in [0.25, 0.3) is 5.91 Å². The summed E-state index contributed by atoms with van der Waals surface area (Å²) in [7, 11) is 0. The number of unbranched alkanes of at least 4 members (excludes halogenated alkanes) is 2. The van der Waals surface area contributed by atoms with E-state index >= 15 is 0 Å². The van der Waals surface area contributed by atoms with Gasteiger partial charge in [-0.25, -0.2) is 0 Å². The Kier molecular flexibility index (Phi) is 16.6. The zero-order chi connectivity index (χ0) is 17.9. The predicted molar refractivity (Wildman–Crippen MR) is 85.6 cm³/mol. The van der Waals surface area contributed by atoms with E-state index in [9.17, 15) is 14.4 Å². The monoisotopic (exact) mass is 348 g/mol. The van der Waals surface area contributed by atoms with Crippen LogP contribution in [-0.4, -0.2) is 76.1 Å². The van der Waals surface area contributed by atoms with E-state index in [1.54, 1.807) is 0 Å². The molecule has 0 rings (SSSR count). The summed E-state index contributed by atoms with van der Waals surface area (Å²) in [4.78, 5) is 31.1. The van der Waals surface area contributed by atoms with E-state index in [4.69, 9.17) is 19.3 Å². The van der Waals surface area contributed by atoms with E-state index in [0.717, 1.165) is 32.4 Å². The van der Waals surface area contributed by atoms with Crippen LogP contribution in [-0.2, 0) is 28.6 Å². The van der Waals surface area contributed by atoms with Crippen LogP contribution in [0.5, 0.6) is 0 Å². The molecule has 0 aliphatic rings. The van der Waals surface area contributed by atoms with Gasteiger partial charge in [0, 0.05) is 13.0 Å².